The molecule has 1 unspecified atom stereocenters. The Balaban J connectivity index is 1.58. The molecule has 2 aliphatic carbocycles. The second kappa shape index (κ2) is 7.95. The number of rotatable bonds is 8. The summed E-state index contributed by atoms with van der Waals surface area (Å²) >= 11 is 0. The minimum absolute atomic E-state index is 0.0217. The molecule has 10 heteroatoms. The van der Waals surface area contributed by atoms with Gasteiger partial charge in [0.05, 0.1) is 16.2 Å². The molecule has 1 atom stereocenters. The molecule has 2 saturated carbocycles. The summed E-state index contributed by atoms with van der Waals surface area (Å²) in [6, 6.07) is 5.22. The minimum Gasteiger partial charge on any atom is -0.331 e. The number of fused-ring (bicyclic) bond motifs is 1. The van der Waals surface area contributed by atoms with Crippen LogP contribution in [0.1, 0.15) is 55.5 Å². The van der Waals surface area contributed by atoms with Gasteiger partial charge in [0, 0.05) is 44.7 Å². The molecule has 1 aliphatic heterocycles. The smallest absolute Gasteiger partial charge is 0.256 e. The lowest BCUT2D eigenvalue weighted by atomic mass is 10.0. The van der Waals surface area contributed by atoms with Gasteiger partial charge in [-0.15, -0.1) is 0 Å². The molecule has 2 amide bonds. The summed E-state index contributed by atoms with van der Waals surface area (Å²) in [4.78, 5) is 26.7. The van der Waals surface area contributed by atoms with Crippen LogP contribution < -0.4 is 10.0 Å². The van der Waals surface area contributed by atoms with E-state index in [1.54, 1.807) is 28.8 Å². The van der Waals surface area contributed by atoms with E-state index in [1.807, 2.05) is 13.0 Å². The highest BCUT2D eigenvalue weighted by Crippen LogP contribution is 2.41. The summed E-state index contributed by atoms with van der Waals surface area (Å²) in [5.41, 5.74) is 2.28. The molecule has 3 aliphatic rings. The molecule has 2 aromatic rings. The lowest BCUT2D eigenvalue weighted by Gasteiger charge is -2.24. The Labute approximate surface area is 193 Å². The molecule has 2 heterocycles. The Bertz CT molecular complexity index is 1240. The second-order valence-electron chi connectivity index (χ2n) is 9.53. The fourth-order valence-electron chi connectivity index (χ4n) is 4.57. The fourth-order valence-corrected chi connectivity index (χ4v) is 5.95. The Morgan fingerprint density at radius 2 is 1.94 bits per heavy atom. The molecule has 1 aromatic heterocycles. The number of aryl methyl sites for hydroxylation is 1. The number of hydrogen-bond donors (Lipinski definition) is 2. The van der Waals surface area contributed by atoms with Gasteiger partial charge in [-0.05, 0) is 62.1 Å². The van der Waals surface area contributed by atoms with Gasteiger partial charge >= 0.3 is 0 Å². The van der Waals surface area contributed by atoms with Crippen molar-refractivity contribution in [2.75, 3.05) is 11.9 Å². The van der Waals surface area contributed by atoms with Crippen molar-refractivity contribution in [3.8, 4) is 11.3 Å². The van der Waals surface area contributed by atoms with Crippen LogP contribution >= 0.6 is 0 Å². The standard InChI is InChI=1S/C23H29N5O4S/c1-13(16-6-7-16)28-12-18-8-17(19-10-21(25-14(2)29)26-27(19)3)9-20(22(18)23(28)30)33(31,32)24-11-15-4-5-15/h8-10,13,15-16,24H,4-7,11-12H2,1-3H3,(H,25,26,29). The van der Waals surface area contributed by atoms with E-state index >= 15 is 0 Å². The molecule has 0 radical (unpaired) electrons. The van der Waals surface area contributed by atoms with Gasteiger partial charge in [0.15, 0.2) is 5.82 Å². The van der Waals surface area contributed by atoms with Crippen LogP contribution in [0.15, 0.2) is 23.1 Å². The topological polar surface area (TPSA) is 113 Å². The average molecular weight is 472 g/mol. The van der Waals surface area contributed by atoms with Crippen LogP contribution in [0, 0.1) is 11.8 Å². The highest BCUT2D eigenvalue weighted by atomic mass is 32.2. The summed E-state index contributed by atoms with van der Waals surface area (Å²) in [7, 11) is -2.14. The van der Waals surface area contributed by atoms with Gasteiger partial charge in [-0.3, -0.25) is 14.3 Å². The first kappa shape index (κ1) is 22.1. The quantitative estimate of drug-likeness (QED) is 0.614. The number of nitrogens with zero attached hydrogens (tertiary/aromatic N) is 3. The van der Waals surface area contributed by atoms with E-state index in [2.05, 4.69) is 15.1 Å². The molecule has 0 saturated heterocycles. The number of carbonyl (C=O) groups is 2. The van der Waals surface area contributed by atoms with Crippen LogP contribution in [-0.2, 0) is 28.4 Å². The Morgan fingerprint density at radius 3 is 2.58 bits per heavy atom. The zero-order valence-corrected chi connectivity index (χ0v) is 19.9. The van der Waals surface area contributed by atoms with Gasteiger partial charge in [0.1, 0.15) is 0 Å². The van der Waals surface area contributed by atoms with Crippen LogP contribution in [0.5, 0.6) is 0 Å². The highest BCUT2D eigenvalue weighted by molar-refractivity contribution is 7.89. The van der Waals surface area contributed by atoms with E-state index in [1.165, 1.54) is 6.92 Å². The first-order valence-corrected chi connectivity index (χ1v) is 12.9. The maximum absolute atomic E-state index is 13.4. The van der Waals surface area contributed by atoms with E-state index in [0.717, 1.165) is 25.7 Å². The third kappa shape index (κ3) is 4.29. The van der Waals surface area contributed by atoms with Crippen LogP contribution in [0.2, 0.25) is 0 Å². The SMILES string of the molecule is CC(=O)Nc1cc(-c2cc3c(c(S(=O)(=O)NCC4CC4)c2)C(=O)N(C(C)C2CC2)C3)n(C)n1. The number of aromatic nitrogens is 2. The molecular weight excluding hydrogens is 442 g/mol. The molecule has 9 nitrogen and oxygen atoms in total. The predicted octanol–water partition coefficient (Wildman–Crippen LogP) is 2.49. The number of amides is 2. The zero-order chi connectivity index (χ0) is 23.5. The van der Waals surface area contributed by atoms with E-state index in [9.17, 15) is 18.0 Å². The summed E-state index contributed by atoms with van der Waals surface area (Å²) in [6.07, 6.45) is 4.24. The minimum atomic E-state index is -3.88. The Hall–Kier alpha value is -2.72. The number of hydrogen-bond acceptors (Lipinski definition) is 5. The Kier molecular flexibility index (Phi) is 5.32. The van der Waals surface area contributed by atoms with Crippen molar-refractivity contribution in [2.45, 2.75) is 57.0 Å². The van der Waals surface area contributed by atoms with E-state index in [0.29, 0.717) is 47.6 Å². The normalized spacial score (nSPS) is 19.0. The molecule has 176 valence electrons. The molecule has 1 aromatic carbocycles. The molecule has 0 bridgehead atoms. The molecular formula is C23H29N5O4S. The van der Waals surface area contributed by atoms with Crippen molar-refractivity contribution in [3.05, 3.63) is 29.3 Å². The molecule has 0 spiro atoms. The molecule has 2 N–H and O–H groups in total. The predicted molar refractivity (Wildman–Crippen MR) is 123 cm³/mol. The highest BCUT2D eigenvalue weighted by Gasteiger charge is 2.41. The van der Waals surface area contributed by atoms with E-state index < -0.39 is 10.0 Å². The number of sulfonamides is 1. The van der Waals surface area contributed by atoms with Gasteiger partial charge in [0.2, 0.25) is 15.9 Å². The lowest BCUT2D eigenvalue weighted by Crippen LogP contribution is -2.35. The van der Waals surface area contributed by atoms with Crippen LogP contribution in [0.4, 0.5) is 5.82 Å². The van der Waals surface area contributed by atoms with Gasteiger partial charge in [-0.1, -0.05) is 0 Å². The van der Waals surface area contributed by atoms with Crippen molar-refractivity contribution < 1.29 is 18.0 Å². The fraction of sp³-hybridized carbons (Fsp3) is 0.522. The van der Waals surface area contributed by atoms with E-state index in [4.69, 9.17) is 0 Å². The third-order valence-electron chi connectivity index (χ3n) is 6.82. The van der Waals surface area contributed by atoms with Gasteiger partial charge in [0.25, 0.3) is 5.91 Å². The summed E-state index contributed by atoms with van der Waals surface area (Å²) < 4.78 is 31.0. The summed E-state index contributed by atoms with van der Waals surface area (Å²) in [6.45, 7) is 4.22. The van der Waals surface area contributed by atoms with Gasteiger partial charge < -0.3 is 10.2 Å². The Morgan fingerprint density at radius 1 is 1.21 bits per heavy atom. The van der Waals surface area contributed by atoms with Crippen molar-refractivity contribution in [3.63, 3.8) is 0 Å². The van der Waals surface area contributed by atoms with Crippen molar-refractivity contribution >= 4 is 27.7 Å². The second-order valence-corrected chi connectivity index (χ2v) is 11.3. The summed E-state index contributed by atoms with van der Waals surface area (Å²) in [5.74, 6) is 0.781. The van der Waals surface area contributed by atoms with Gasteiger partial charge in [-0.2, -0.15) is 5.10 Å². The largest absolute Gasteiger partial charge is 0.331 e. The number of carbonyl (C=O) groups excluding carboxylic acids is 2. The first-order valence-electron chi connectivity index (χ1n) is 11.4. The molecule has 2 fully saturated rings. The van der Waals surface area contributed by atoms with Crippen molar-refractivity contribution in [1.29, 1.82) is 0 Å². The maximum atomic E-state index is 13.4. The lowest BCUT2D eigenvalue weighted by molar-refractivity contribution is -0.114. The summed E-state index contributed by atoms with van der Waals surface area (Å²) in [5, 5.41) is 6.97. The number of benzene rings is 1. The monoisotopic (exact) mass is 471 g/mol. The number of anilines is 1. The van der Waals surface area contributed by atoms with Crippen LogP contribution in [0.3, 0.4) is 0 Å². The number of nitrogens with one attached hydrogen (secondary N) is 2. The van der Waals surface area contributed by atoms with Crippen molar-refractivity contribution in [2.24, 2.45) is 18.9 Å². The first-order chi connectivity index (χ1) is 15.6. The van der Waals surface area contributed by atoms with E-state index in [-0.39, 0.29) is 28.3 Å². The van der Waals surface area contributed by atoms with Crippen LogP contribution in [0.25, 0.3) is 11.3 Å². The van der Waals surface area contributed by atoms with Crippen LogP contribution in [-0.4, -0.2) is 47.5 Å². The third-order valence-corrected chi connectivity index (χ3v) is 8.27. The zero-order valence-electron chi connectivity index (χ0n) is 19.1. The van der Waals surface area contributed by atoms with Gasteiger partial charge in [-0.25, -0.2) is 13.1 Å². The molecule has 5 rings (SSSR count). The maximum Gasteiger partial charge on any atom is 0.256 e. The molecule has 33 heavy (non-hydrogen) atoms. The van der Waals surface area contributed by atoms with Crippen molar-refractivity contribution in [1.82, 2.24) is 19.4 Å². The average Bonchev–Trinajstić information content (AvgIpc) is 3.67.